The molecule has 0 aromatic rings. The highest BCUT2D eigenvalue weighted by atomic mass is 16.3. The van der Waals surface area contributed by atoms with Gasteiger partial charge in [0.1, 0.15) is 0 Å². The predicted octanol–water partition coefficient (Wildman–Crippen LogP) is 0.923. The molecule has 0 atom stereocenters. The van der Waals surface area contributed by atoms with E-state index in [2.05, 4.69) is 11.9 Å². The summed E-state index contributed by atoms with van der Waals surface area (Å²) in [6.07, 6.45) is 2.81. The molecule has 0 heterocycles. The van der Waals surface area contributed by atoms with E-state index >= 15 is 0 Å². The first-order chi connectivity index (χ1) is 4.56. The third-order valence-corrected chi connectivity index (χ3v) is 1.08. The van der Waals surface area contributed by atoms with Crippen LogP contribution in [0.5, 0.6) is 0 Å². The van der Waals surface area contributed by atoms with Crippen molar-refractivity contribution in [2.24, 2.45) is 0 Å². The van der Waals surface area contributed by atoms with Crippen molar-refractivity contribution in [3.05, 3.63) is 12.7 Å². The fourth-order valence-electron chi connectivity index (χ4n) is 0.598. The van der Waals surface area contributed by atoms with Crippen LogP contribution < -0.4 is 5.32 Å². The zero-order valence-corrected chi connectivity index (χ0v) is 6.85. The molecule has 0 aromatic heterocycles. The van der Waals surface area contributed by atoms with E-state index in [9.17, 15) is 5.11 Å². The van der Waals surface area contributed by atoms with Gasteiger partial charge >= 0.3 is 0 Å². The number of hydrogen-bond acceptors (Lipinski definition) is 2. The lowest BCUT2D eigenvalue weighted by atomic mass is 10.1. The van der Waals surface area contributed by atoms with E-state index in [0.717, 1.165) is 13.0 Å². The Morgan fingerprint density at radius 2 is 2.20 bits per heavy atom. The second-order valence-corrected chi connectivity index (χ2v) is 3.07. The lowest BCUT2D eigenvalue weighted by molar-refractivity contribution is 0.0802. The van der Waals surface area contributed by atoms with Crippen molar-refractivity contribution in [2.45, 2.75) is 25.9 Å². The summed E-state index contributed by atoms with van der Waals surface area (Å²) in [5.74, 6) is 0. The maximum atomic E-state index is 9.23. The van der Waals surface area contributed by atoms with Crippen molar-refractivity contribution >= 4 is 0 Å². The van der Waals surface area contributed by atoms with Gasteiger partial charge in [0.25, 0.3) is 0 Å². The van der Waals surface area contributed by atoms with Crippen LogP contribution in [-0.4, -0.2) is 23.8 Å². The van der Waals surface area contributed by atoms with Crippen molar-refractivity contribution in [1.82, 2.24) is 5.32 Å². The van der Waals surface area contributed by atoms with Crippen molar-refractivity contribution in [1.29, 1.82) is 0 Å². The van der Waals surface area contributed by atoms with Gasteiger partial charge in [-0.1, -0.05) is 6.08 Å². The fourth-order valence-corrected chi connectivity index (χ4v) is 0.598. The van der Waals surface area contributed by atoms with Crippen molar-refractivity contribution in [2.75, 3.05) is 13.1 Å². The molecule has 0 aromatic carbocycles. The maximum absolute atomic E-state index is 9.23. The van der Waals surface area contributed by atoms with Gasteiger partial charge in [-0.2, -0.15) is 0 Å². The van der Waals surface area contributed by atoms with Gasteiger partial charge in [-0.15, -0.1) is 6.58 Å². The zero-order chi connectivity index (χ0) is 8.04. The van der Waals surface area contributed by atoms with Gasteiger partial charge in [0.15, 0.2) is 0 Å². The summed E-state index contributed by atoms with van der Waals surface area (Å²) in [4.78, 5) is 0. The second-order valence-electron chi connectivity index (χ2n) is 3.07. The summed E-state index contributed by atoms with van der Waals surface area (Å²) >= 11 is 0. The first-order valence-electron chi connectivity index (χ1n) is 3.60. The number of nitrogens with one attached hydrogen (secondary N) is 1. The molecule has 0 radical (unpaired) electrons. The fraction of sp³-hybridized carbons (Fsp3) is 0.750. The van der Waals surface area contributed by atoms with Gasteiger partial charge in [0, 0.05) is 6.54 Å². The van der Waals surface area contributed by atoms with Crippen molar-refractivity contribution in [3.63, 3.8) is 0 Å². The van der Waals surface area contributed by atoms with Crippen LogP contribution in [0.25, 0.3) is 0 Å². The minimum Gasteiger partial charge on any atom is -0.389 e. The third kappa shape index (κ3) is 7.66. The Labute approximate surface area is 62.9 Å². The minimum atomic E-state index is -0.596. The molecule has 2 nitrogen and oxygen atoms in total. The van der Waals surface area contributed by atoms with Crippen LogP contribution in [0.1, 0.15) is 20.3 Å². The summed E-state index contributed by atoms with van der Waals surface area (Å²) < 4.78 is 0. The SMILES string of the molecule is C=CCCNCC(C)(C)O. The van der Waals surface area contributed by atoms with Gasteiger partial charge < -0.3 is 10.4 Å². The molecule has 0 bridgehead atoms. The predicted molar refractivity (Wildman–Crippen MR) is 44.0 cm³/mol. The summed E-state index contributed by atoms with van der Waals surface area (Å²) in [5.41, 5.74) is -0.596. The lowest BCUT2D eigenvalue weighted by Crippen LogP contribution is -2.34. The molecule has 0 spiro atoms. The Kier molecular flexibility index (Phi) is 4.32. The molecule has 10 heavy (non-hydrogen) atoms. The summed E-state index contributed by atoms with van der Waals surface area (Å²) in [7, 11) is 0. The molecule has 0 amide bonds. The molecule has 2 heteroatoms. The second kappa shape index (κ2) is 4.47. The van der Waals surface area contributed by atoms with E-state index in [1.807, 2.05) is 6.08 Å². The Morgan fingerprint density at radius 1 is 1.60 bits per heavy atom. The van der Waals surface area contributed by atoms with Crippen molar-refractivity contribution < 1.29 is 5.11 Å². The normalized spacial score (nSPS) is 11.5. The number of rotatable bonds is 5. The highest BCUT2D eigenvalue weighted by molar-refractivity contribution is 4.71. The van der Waals surface area contributed by atoms with Crippen LogP contribution in [0.15, 0.2) is 12.7 Å². The number of hydrogen-bond donors (Lipinski definition) is 2. The molecular weight excluding hydrogens is 126 g/mol. The van der Waals surface area contributed by atoms with Gasteiger partial charge in [-0.3, -0.25) is 0 Å². The van der Waals surface area contributed by atoms with Gasteiger partial charge in [0.05, 0.1) is 5.60 Å². The Balaban J connectivity index is 3.12. The summed E-state index contributed by atoms with van der Waals surface area (Å²) in [5, 5.41) is 12.3. The molecule has 0 aliphatic rings. The number of aliphatic hydroxyl groups is 1. The standard InChI is InChI=1S/C8H17NO/c1-4-5-6-9-7-8(2,3)10/h4,9-10H,1,5-7H2,2-3H3. The Bertz CT molecular complexity index is 93.9. The topological polar surface area (TPSA) is 32.3 Å². The van der Waals surface area contributed by atoms with Crippen LogP contribution in [-0.2, 0) is 0 Å². The molecule has 0 aliphatic heterocycles. The monoisotopic (exact) mass is 143 g/mol. The van der Waals surface area contributed by atoms with E-state index < -0.39 is 5.60 Å². The molecule has 0 saturated carbocycles. The maximum Gasteiger partial charge on any atom is 0.0715 e. The molecule has 2 N–H and O–H groups in total. The molecule has 0 fully saturated rings. The van der Waals surface area contributed by atoms with Gasteiger partial charge in [-0.05, 0) is 26.8 Å². The van der Waals surface area contributed by atoms with Gasteiger partial charge in [-0.25, -0.2) is 0 Å². The smallest absolute Gasteiger partial charge is 0.0715 e. The largest absolute Gasteiger partial charge is 0.389 e. The quantitative estimate of drug-likeness (QED) is 0.443. The van der Waals surface area contributed by atoms with Gasteiger partial charge in [0.2, 0.25) is 0 Å². The highest BCUT2D eigenvalue weighted by Gasteiger charge is 2.09. The Hall–Kier alpha value is -0.340. The first kappa shape index (κ1) is 9.66. The lowest BCUT2D eigenvalue weighted by Gasteiger charge is -2.16. The summed E-state index contributed by atoms with van der Waals surface area (Å²) in [6, 6.07) is 0. The summed E-state index contributed by atoms with van der Waals surface area (Å²) in [6.45, 7) is 8.70. The molecule has 0 aliphatic carbocycles. The van der Waals surface area contributed by atoms with Crippen LogP contribution in [0.4, 0.5) is 0 Å². The zero-order valence-electron chi connectivity index (χ0n) is 6.85. The van der Waals surface area contributed by atoms with Crippen molar-refractivity contribution in [3.8, 4) is 0 Å². The van der Waals surface area contributed by atoms with Crippen LogP contribution in [0.3, 0.4) is 0 Å². The molecule has 0 unspecified atom stereocenters. The van der Waals surface area contributed by atoms with Crippen LogP contribution >= 0.6 is 0 Å². The molecule has 0 saturated heterocycles. The van der Waals surface area contributed by atoms with Crippen LogP contribution in [0, 0.1) is 0 Å². The average molecular weight is 143 g/mol. The van der Waals surface area contributed by atoms with E-state index in [4.69, 9.17) is 0 Å². The van der Waals surface area contributed by atoms with E-state index in [1.165, 1.54) is 0 Å². The average Bonchev–Trinajstić information content (AvgIpc) is 1.78. The van der Waals surface area contributed by atoms with E-state index in [0.29, 0.717) is 6.54 Å². The van der Waals surface area contributed by atoms with E-state index in [-0.39, 0.29) is 0 Å². The first-order valence-corrected chi connectivity index (χ1v) is 3.60. The molecule has 0 rings (SSSR count). The van der Waals surface area contributed by atoms with Crippen LogP contribution in [0.2, 0.25) is 0 Å². The minimum absolute atomic E-state index is 0.596. The Morgan fingerprint density at radius 3 is 2.60 bits per heavy atom. The molecular formula is C8H17NO. The highest BCUT2D eigenvalue weighted by Crippen LogP contribution is 1.96. The van der Waals surface area contributed by atoms with E-state index in [1.54, 1.807) is 13.8 Å². The third-order valence-electron chi connectivity index (χ3n) is 1.08. The molecule has 60 valence electrons.